The van der Waals surface area contributed by atoms with Crippen LogP contribution in [0.15, 0.2) is 47.3 Å². The molecule has 0 aliphatic carbocycles. The Labute approximate surface area is 185 Å². The van der Waals surface area contributed by atoms with Crippen molar-refractivity contribution in [3.8, 4) is 22.4 Å². The molecule has 0 saturated carbocycles. The number of aromatic amines is 1. The minimum atomic E-state index is -0.248. The molecule has 8 heteroatoms. The topological polar surface area (TPSA) is 103 Å². The standard InChI is InChI=1S/C24H26N6O2/c1-15-12-18(13-16(2)26-15)20-21(17-8-4-3-5-9-17)27-23(25)30-22(20)28-29(24(30)31)14-19-10-6-7-11-32-19/h3-5,8-9,12-13,19H,6-7,10-11,14H2,1-2H3,(H2,25,26,27,28)/p+1. The minimum absolute atomic E-state index is 0.00625. The van der Waals surface area contributed by atoms with Crippen molar-refractivity contribution in [2.45, 2.75) is 45.8 Å². The van der Waals surface area contributed by atoms with Crippen LogP contribution in [0.1, 0.15) is 30.7 Å². The van der Waals surface area contributed by atoms with Crippen LogP contribution < -0.4 is 15.8 Å². The fourth-order valence-electron chi connectivity index (χ4n) is 4.49. The first-order valence-corrected chi connectivity index (χ1v) is 11.0. The molecule has 5 rings (SSSR count). The molecular formula is C24H27N6O2+. The van der Waals surface area contributed by atoms with Gasteiger partial charge in [0.05, 0.1) is 11.7 Å². The number of H-pyrrole nitrogens is 1. The quantitative estimate of drug-likeness (QED) is 0.484. The van der Waals surface area contributed by atoms with Gasteiger partial charge in [0.15, 0.2) is 0 Å². The first-order valence-electron chi connectivity index (χ1n) is 11.0. The highest BCUT2D eigenvalue weighted by Gasteiger charge is 2.27. The fourth-order valence-corrected chi connectivity index (χ4v) is 4.49. The zero-order valence-corrected chi connectivity index (χ0v) is 18.3. The van der Waals surface area contributed by atoms with Crippen LogP contribution in [0.25, 0.3) is 28.0 Å². The summed E-state index contributed by atoms with van der Waals surface area (Å²) in [6.45, 7) is 5.11. The van der Waals surface area contributed by atoms with Crippen LogP contribution in [-0.4, -0.2) is 32.5 Å². The summed E-state index contributed by atoms with van der Waals surface area (Å²) in [6, 6.07) is 13.9. The van der Waals surface area contributed by atoms with Gasteiger partial charge in [-0.05, 0) is 50.8 Å². The number of hydrogen-bond acceptors (Lipinski definition) is 5. The van der Waals surface area contributed by atoms with Crippen LogP contribution in [0, 0.1) is 13.8 Å². The van der Waals surface area contributed by atoms with Crippen LogP contribution in [0.2, 0.25) is 0 Å². The van der Waals surface area contributed by atoms with Crippen LogP contribution in [-0.2, 0) is 11.3 Å². The molecule has 3 N–H and O–H groups in total. The molecule has 1 aromatic carbocycles. The number of nitrogens with one attached hydrogen (secondary N) is 1. The summed E-state index contributed by atoms with van der Waals surface area (Å²) in [4.78, 5) is 22.5. The summed E-state index contributed by atoms with van der Waals surface area (Å²) in [5.74, 6) is 0.148. The highest BCUT2D eigenvalue weighted by atomic mass is 16.5. The molecule has 32 heavy (non-hydrogen) atoms. The van der Waals surface area contributed by atoms with Crippen LogP contribution in [0.4, 0.5) is 5.95 Å². The lowest BCUT2D eigenvalue weighted by molar-refractivity contribution is -0.516. The third-order valence-corrected chi connectivity index (χ3v) is 5.89. The van der Waals surface area contributed by atoms with E-state index in [2.05, 4.69) is 15.1 Å². The molecular weight excluding hydrogens is 404 g/mol. The first kappa shape index (κ1) is 20.4. The Morgan fingerprint density at radius 3 is 2.56 bits per heavy atom. The molecule has 1 aliphatic rings. The zero-order valence-electron chi connectivity index (χ0n) is 18.3. The van der Waals surface area contributed by atoms with E-state index in [0.717, 1.165) is 59.6 Å². The highest BCUT2D eigenvalue weighted by Crippen LogP contribution is 2.33. The number of pyridine rings is 1. The number of benzene rings is 1. The summed E-state index contributed by atoms with van der Waals surface area (Å²) in [7, 11) is 0. The maximum atomic E-state index is 13.3. The maximum Gasteiger partial charge on any atom is 0.428 e. The first-order chi connectivity index (χ1) is 15.5. The normalized spacial score (nSPS) is 16.5. The van der Waals surface area contributed by atoms with Crippen molar-refractivity contribution in [3.63, 3.8) is 0 Å². The van der Waals surface area contributed by atoms with Crippen molar-refractivity contribution in [1.29, 1.82) is 0 Å². The third-order valence-electron chi connectivity index (χ3n) is 5.89. The molecule has 3 aromatic heterocycles. The Bertz CT molecular complexity index is 1320. The van der Waals surface area contributed by atoms with Gasteiger partial charge >= 0.3 is 11.6 Å². The number of ether oxygens (including phenoxy) is 1. The smallest absolute Gasteiger partial charge is 0.375 e. The van der Waals surface area contributed by atoms with Gasteiger partial charge in [-0.3, -0.25) is 4.98 Å². The lowest BCUT2D eigenvalue weighted by Crippen LogP contribution is -2.45. The van der Waals surface area contributed by atoms with Gasteiger partial charge in [0.25, 0.3) is 0 Å². The van der Waals surface area contributed by atoms with Gasteiger partial charge < -0.3 is 10.5 Å². The molecule has 1 saturated heterocycles. The molecule has 1 unspecified atom stereocenters. The lowest BCUT2D eigenvalue weighted by Gasteiger charge is -2.20. The number of anilines is 1. The van der Waals surface area contributed by atoms with E-state index in [1.807, 2.05) is 56.3 Å². The van der Waals surface area contributed by atoms with E-state index in [-0.39, 0.29) is 17.7 Å². The number of hydrogen-bond donors (Lipinski definition) is 2. The molecule has 0 amide bonds. The Morgan fingerprint density at radius 1 is 1.12 bits per heavy atom. The second kappa shape index (κ2) is 8.20. The van der Waals surface area contributed by atoms with Crippen molar-refractivity contribution >= 4 is 11.6 Å². The van der Waals surface area contributed by atoms with Crippen LogP contribution in [0.3, 0.4) is 0 Å². The molecule has 0 bridgehead atoms. The second-order valence-corrected chi connectivity index (χ2v) is 8.38. The SMILES string of the molecule is Cc1cc(-c2c(-c3ccccc3)nc(N)[n+]3c(=O)n(CC4CCCCO4)[nH]c23)cc(C)n1. The minimum Gasteiger partial charge on any atom is -0.375 e. The van der Waals surface area contributed by atoms with Crippen molar-refractivity contribution < 1.29 is 9.14 Å². The zero-order chi connectivity index (χ0) is 22.2. The molecule has 8 nitrogen and oxygen atoms in total. The van der Waals surface area contributed by atoms with Crippen LogP contribution in [0.5, 0.6) is 0 Å². The second-order valence-electron chi connectivity index (χ2n) is 8.38. The van der Waals surface area contributed by atoms with Crippen molar-refractivity contribution in [2.75, 3.05) is 12.3 Å². The van der Waals surface area contributed by atoms with Crippen molar-refractivity contribution in [2.24, 2.45) is 0 Å². The van der Waals surface area contributed by atoms with E-state index < -0.39 is 0 Å². The number of fused-ring (bicyclic) bond motifs is 1. The van der Waals surface area contributed by atoms with Gasteiger partial charge in [-0.1, -0.05) is 30.3 Å². The van der Waals surface area contributed by atoms with Gasteiger partial charge in [0.2, 0.25) is 5.65 Å². The summed E-state index contributed by atoms with van der Waals surface area (Å²) in [6.07, 6.45) is 3.11. The van der Waals surface area contributed by atoms with E-state index in [9.17, 15) is 4.79 Å². The lowest BCUT2D eigenvalue weighted by atomic mass is 9.99. The number of aromatic nitrogens is 5. The summed E-state index contributed by atoms with van der Waals surface area (Å²) < 4.78 is 8.90. The van der Waals surface area contributed by atoms with E-state index in [0.29, 0.717) is 12.2 Å². The summed E-state index contributed by atoms with van der Waals surface area (Å²) in [5, 5.41) is 3.31. The third kappa shape index (κ3) is 3.67. The van der Waals surface area contributed by atoms with E-state index in [4.69, 9.17) is 10.5 Å². The molecule has 0 spiro atoms. The van der Waals surface area contributed by atoms with E-state index in [1.54, 1.807) is 4.68 Å². The van der Waals surface area contributed by atoms with E-state index >= 15 is 0 Å². The number of aryl methyl sites for hydroxylation is 2. The summed E-state index contributed by atoms with van der Waals surface area (Å²) >= 11 is 0. The van der Waals surface area contributed by atoms with Crippen molar-refractivity contribution in [1.82, 2.24) is 19.7 Å². The Hall–Kier alpha value is -3.52. The molecule has 164 valence electrons. The molecule has 1 atom stereocenters. The number of nitrogens with two attached hydrogens (primary N) is 1. The highest BCUT2D eigenvalue weighted by molar-refractivity contribution is 5.88. The van der Waals surface area contributed by atoms with Crippen LogP contribution >= 0.6 is 0 Å². The van der Waals surface area contributed by atoms with Gasteiger partial charge in [-0.2, -0.15) is 4.68 Å². The number of nitrogen functional groups attached to an aromatic ring is 1. The molecule has 4 heterocycles. The molecule has 0 radical (unpaired) electrons. The summed E-state index contributed by atoms with van der Waals surface area (Å²) in [5.41, 5.74) is 11.9. The predicted octanol–water partition coefficient (Wildman–Crippen LogP) is 2.81. The Balaban J connectivity index is 1.77. The van der Waals surface area contributed by atoms with Gasteiger partial charge in [-0.25, -0.2) is 9.89 Å². The number of nitrogens with zero attached hydrogens (tertiary/aromatic N) is 4. The average molecular weight is 432 g/mol. The molecule has 1 fully saturated rings. The number of rotatable bonds is 4. The Kier molecular flexibility index (Phi) is 5.22. The van der Waals surface area contributed by atoms with Gasteiger partial charge in [0, 0.05) is 23.6 Å². The average Bonchev–Trinajstić information content (AvgIpc) is 3.10. The fraction of sp³-hybridized carbons (Fsp3) is 0.333. The van der Waals surface area contributed by atoms with Crippen molar-refractivity contribution in [3.05, 3.63) is 64.3 Å². The maximum absolute atomic E-state index is 13.3. The van der Waals surface area contributed by atoms with Gasteiger partial charge in [-0.15, -0.1) is 9.38 Å². The molecule has 4 aromatic rings. The molecule has 1 aliphatic heterocycles. The van der Waals surface area contributed by atoms with E-state index in [1.165, 1.54) is 4.40 Å². The predicted molar refractivity (Wildman–Crippen MR) is 122 cm³/mol. The monoisotopic (exact) mass is 431 g/mol. The Morgan fingerprint density at radius 2 is 1.88 bits per heavy atom. The largest absolute Gasteiger partial charge is 0.428 e. The van der Waals surface area contributed by atoms with Gasteiger partial charge in [0.1, 0.15) is 12.2 Å².